The molecule has 3 aliphatic heterocycles. The number of hydrogen-bond acceptors (Lipinski definition) is 6. The highest BCUT2D eigenvalue weighted by atomic mass is 16.5. The molecular formula is C23H29N3O4. The summed E-state index contributed by atoms with van der Waals surface area (Å²) in [6, 6.07) is 6.29. The van der Waals surface area contributed by atoms with Crippen molar-refractivity contribution in [3.63, 3.8) is 0 Å². The summed E-state index contributed by atoms with van der Waals surface area (Å²) in [5.41, 5.74) is 3.03. The maximum atomic E-state index is 12.3. The van der Waals surface area contributed by atoms with E-state index >= 15 is 0 Å². The molecule has 2 saturated heterocycles. The van der Waals surface area contributed by atoms with Crippen LogP contribution in [-0.2, 0) is 20.9 Å². The first-order valence-electron chi connectivity index (χ1n) is 11.0. The van der Waals surface area contributed by atoms with Crippen molar-refractivity contribution in [2.24, 2.45) is 0 Å². The van der Waals surface area contributed by atoms with Crippen molar-refractivity contribution in [3.05, 3.63) is 35.9 Å². The molecule has 3 atom stereocenters. The van der Waals surface area contributed by atoms with Gasteiger partial charge < -0.3 is 14.4 Å². The molecule has 7 nitrogen and oxygen atoms in total. The van der Waals surface area contributed by atoms with Crippen LogP contribution >= 0.6 is 0 Å². The number of carbonyl (C=O) groups excluding carboxylic acids is 2. The number of fused-ring (bicyclic) bond motifs is 1. The molecule has 0 aromatic heterocycles. The van der Waals surface area contributed by atoms with Gasteiger partial charge in [-0.3, -0.25) is 19.8 Å². The fraction of sp³-hybridized carbons (Fsp3) is 0.565. The molecule has 1 aromatic carbocycles. The van der Waals surface area contributed by atoms with E-state index in [4.69, 9.17) is 9.47 Å². The van der Waals surface area contributed by atoms with E-state index in [1.54, 1.807) is 0 Å². The number of hydrogen-bond donors (Lipinski definition) is 1. The molecule has 5 rings (SSSR count). The largest absolute Gasteiger partial charge is 0.489 e. The van der Waals surface area contributed by atoms with Gasteiger partial charge in [0.05, 0.1) is 13.2 Å². The van der Waals surface area contributed by atoms with Crippen molar-refractivity contribution in [1.82, 2.24) is 15.1 Å². The molecule has 1 aromatic rings. The van der Waals surface area contributed by atoms with Gasteiger partial charge in [-0.1, -0.05) is 6.58 Å². The number of ether oxygens (including phenoxy) is 2. The minimum Gasteiger partial charge on any atom is -0.489 e. The maximum absolute atomic E-state index is 12.3. The first kappa shape index (κ1) is 19.6. The van der Waals surface area contributed by atoms with Crippen LogP contribution in [0.3, 0.4) is 0 Å². The van der Waals surface area contributed by atoms with Gasteiger partial charge >= 0.3 is 0 Å². The van der Waals surface area contributed by atoms with Gasteiger partial charge in [-0.15, -0.1) is 0 Å². The Balaban J connectivity index is 1.28. The average molecular weight is 412 g/mol. The van der Waals surface area contributed by atoms with E-state index in [9.17, 15) is 9.59 Å². The highest BCUT2D eigenvalue weighted by molar-refractivity contribution is 6.01. The van der Waals surface area contributed by atoms with Gasteiger partial charge in [0, 0.05) is 43.4 Å². The number of morpholine rings is 1. The van der Waals surface area contributed by atoms with E-state index in [0.717, 1.165) is 55.3 Å². The molecule has 1 saturated carbocycles. The normalized spacial score (nSPS) is 29.8. The zero-order chi connectivity index (χ0) is 20.7. The second kappa shape index (κ2) is 8.04. The second-order valence-corrected chi connectivity index (χ2v) is 8.66. The molecule has 3 heterocycles. The molecule has 4 aliphatic rings. The van der Waals surface area contributed by atoms with Crippen LogP contribution in [0.5, 0.6) is 5.75 Å². The highest BCUT2D eigenvalue weighted by Gasteiger charge is 2.37. The van der Waals surface area contributed by atoms with Crippen LogP contribution in [0, 0.1) is 0 Å². The van der Waals surface area contributed by atoms with Crippen LogP contribution in [0.25, 0.3) is 5.70 Å². The Morgan fingerprint density at radius 1 is 1.13 bits per heavy atom. The number of nitrogens with one attached hydrogen (secondary N) is 1. The number of nitrogens with zero attached hydrogens (tertiary/aromatic N) is 2. The summed E-state index contributed by atoms with van der Waals surface area (Å²) in [5, 5.41) is 2.45. The number of benzene rings is 1. The van der Waals surface area contributed by atoms with Gasteiger partial charge in [0.1, 0.15) is 17.9 Å². The Labute approximate surface area is 177 Å². The van der Waals surface area contributed by atoms with Crippen LogP contribution in [0.2, 0.25) is 0 Å². The van der Waals surface area contributed by atoms with E-state index in [0.29, 0.717) is 25.4 Å². The fourth-order valence-corrected chi connectivity index (χ4v) is 5.31. The summed E-state index contributed by atoms with van der Waals surface area (Å²) in [5.74, 6) is 0.466. The monoisotopic (exact) mass is 411 g/mol. The van der Waals surface area contributed by atoms with Crippen LogP contribution in [0.1, 0.15) is 43.2 Å². The van der Waals surface area contributed by atoms with Crippen molar-refractivity contribution in [3.8, 4) is 5.75 Å². The Hall–Kier alpha value is -2.38. The van der Waals surface area contributed by atoms with Crippen LogP contribution in [0.4, 0.5) is 0 Å². The summed E-state index contributed by atoms with van der Waals surface area (Å²) >= 11 is 0. The van der Waals surface area contributed by atoms with Gasteiger partial charge in [0.25, 0.3) is 0 Å². The third-order valence-electron chi connectivity index (χ3n) is 6.88. The van der Waals surface area contributed by atoms with Crippen molar-refractivity contribution < 1.29 is 19.1 Å². The smallest absolute Gasteiger partial charge is 0.249 e. The molecule has 1 aliphatic carbocycles. The third kappa shape index (κ3) is 3.61. The van der Waals surface area contributed by atoms with Gasteiger partial charge in [0.2, 0.25) is 11.8 Å². The fourth-order valence-electron chi connectivity index (χ4n) is 5.31. The van der Waals surface area contributed by atoms with Crippen LogP contribution < -0.4 is 10.1 Å². The predicted molar refractivity (Wildman–Crippen MR) is 112 cm³/mol. The lowest BCUT2D eigenvalue weighted by Crippen LogP contribution is -2.50. The Morgan fingerprint density at radius 2 is 1.97 bits per heavy atom. The van der Waals surface area contributed by atoms with E-state index < -0.39 is 0 Å². The number of rotatable bonds is 4. The molecule has 1 unspecified atom stereocenters. The topological polar surface area (TPSA) is 71.1 Å². The number of carbonyl (C=O) groups is 2. The summed E-state index contributed by atoms with van der Waals surface area (Å²) in [7, 11) is 0. The molecule has 30 heavy (non-hydrogen) atoms. The quantitative estimate of drug-likeness (QED) is 0.764. The maximum Gasteiger partial charge on any atom is 0.249 e. The molecule has 0 radical (unpaired) electrons. The molecule has 7 heteroatoms. The number of amides is 2. The van der Waals surface area contributed by atoms with Gasteiger partial charge in [-0.25, -0.2) is 0 Å². The molecule has 160 valence electrons. The molecule has 0 spiro atoms. The zero-order valence-corrected chi connectivity index (χ0v) is 17.3. The van der Waals surface area contributed by atoms with Gasteiger partial charge in [-0.2, -0.15) is 0 Å². The Morgan fingerprint density at radius 3 is 2.77 bits per heavy atom. The van der Waals surface area contributed by atoms with Crippen LogP contribution in [0.15, 0.2) is 24.8 Å². The molecule has 3 fully saturated rings. The minimum atomic E-state index is -0.340. The zero-order valence-electron chi connectivity index (χ0n) is 17.3. The molecule has 2 amide bonds. The minimum absolute atomic E-state index is 0.194. The first-order valence-corrected chi connectivity index (χ1v) is 11.0. The molecular weight excluding hydrogens is 382 g/mol. The highest BCUT2D eigenvalue weighted by Crippen LogP contribution is 2.38. The first-order chi connectivity index (χ1) is 14.6. The molecule has 0 bridgehead atoms. The Kier molecular flexibility index (Phi) is 5.25. The summed E-state index contributed by atoms with van der Waals surface area (Å²) < 4.78 is 12.0. The summed E-state index contributed by atoms with van der Waals surface area (Å²) in [4.78, 5) is 28.3. The van der Waals surface area contributed by atoms with Crippen molar-refractivity contribution in [1.29, 1.82) is 0 Å². The Bertz CT molecular complexity index is 864. The van der Waals surface area contributed by atoms with Crippen molar-refractivity contribution in [2.75, 3.05) is 26.3 Å². The number of piperidine rings is 1. The summed E-state index contributed by atoms with van der Waals surface area (Å²) in [6.45, 7) is 8.41. The van der Waals surface area contributed by atoms with E-state index in [1.165, 1.54) is 12.8 Å². The average Bonchev–Trinajstić information content (AvgIpc) is 3.33. The number of imide groups is 1. The van der Waals surface area contributed by atoms with Gasteiger partial charge in [-0.05, 0) is 49.4 Å². The molecule has 1 N–H and O–H groups in total. The standard InChI is InChI=1S/C23H29N3O4/c1-15-18-6-5-17(30-21-4-2-3-19(21)25-9-11-29-12-10-25)13-16(18)14-26(15)20-7-8-22(27)24-23(20)28/h5-6,13,19-21H,1-4,7-12,14H2,(H,24,27,28)/t19-,20?,21-/m1/s1. The van der Waals surface area contributed by atoms with E-state index in [1.807, 2.05) is 11.0 Å². The van der Waals surface area contributed by atoms with E-state index in [-0.39, 0.29) is 24.0 Å². The van der Waals surface area contributed by atoms with Crippen molar-refractivity contribution >= 4 is 17.5 Å². The SMILES string of the molecule is C=C1c2ccc(O[C@@H]3CCC[C@H]3N3CCOCC3)cc2CN1C1CCC(=O)NC1=O. The van der Waals surface area contributed by atoms with E-state index in [2.05, 4.69) is 28.9 Å². The third-order valence-corrected chi connectivity index (χ3v) is 6.88. The second-order valence-electron chi connectivity index (χ2n) is 8.66. The van der Waals surface area contributed by atoms with Crippen LogP contribution in [-0.4, -0.2) is 66.1 Å². The lowest BCUT2D eigenvalue weighted by atomic mass is 10.0. The lowest BCUT2D eigenvalue weighted by Gasteiger charge is -2.35. The van der Waals surface area contributed by atoms with Crippen molar-refractivity contribution in [2.45, 2.75) is 56.8 Å². The van der Waals surface area contributed by atoms with Gasteiger partial charge in [0.15, 0.2) is 0 Å². The lowest BCUT2D eigenvalue weighted by molar-refractivity contribution is -0.136. The summed E-state index contributed by atoms with van der Waals surface area (Å²) in [6.07, 6.45) is 4.55. The predicted octanol–water partition coefficient (Wildman–Crippen LogP) is 1.91.